The molecule has 0 aliphatic carbocycles. The van der Waals surface area contributed by atoms with E-state index in [9.17, 15) is 9.18 Å². The van der Waals surface area contributed by atoms with Crippen molar-refractivity contribution in [2.24, 2.45) is 0 Å². The highest BCUT2D eigenvalue weighted by atomic mass is 35.5. The summed E-state index contributed by atoms with van der Waals surface area (Å²) in [5, 5.41) is 3.18. The van der Waals surface area contributed by atoms with Gasteiger partial charge in [-0.05, 0) is 29.8 Å². The third-order valence-corrected chi connectivity index (χ3v) is 2.96. The average Bonchev–Trinajstić information content (AvgIpc) is 2.37. The fourth-order valence-corrected chi connectivity index (χ4v) is 1.84. The number of nitrogens with one attached hydrogen (secondary N) is 1. The number of nitrogens with two attached hydrogens (primary N) is 1. The summed E-state index contributed by atoms with van der Waals surface area (Å²) < 4.78 is 13.0. The summed E-state index contributed by atoms with van der Waals surface area (Å²) in [6.07, 6.45) is 0.150. The van der Waals surface area contributed by atoms with Gasteiger partial charge in [0.05, 0.1) is 12.1 Å². The molecule has 3 N–H and O–H groups in total. The number of carbonyl (C=O) groups is 1. The second-order valence-electron chi connectivity index (χ2n) is 4.05. The quantitative estimate of drug-likeness (QED) is 0.847. The molecule has 0 saturated heterocycles. The van der Waals surface area contributed by atoms with Crippen LogP contribution in [0, 0.1) is 5.82 Å². The molecule has 0 spiro atoms. The fraction of sp³-hybridized carbons (Fsp3) is 0.0714. The van der Waals surface area contributed by atoms with E-state index in [1.165, 1.54) is 18.2 Å². The molecule has 3 nitrogen and oxygen atoms in total. The van der Waals surface area contributed by atoms with Crippen LogP contribution in [0.2, 0.25) is 5.02 Å². The van der Waals surface area contributed by atoms with Gasteiger partial charge in [0.25, 0.3) is 0 Å². The molecule has 0 aromatic heterocycles. The van der Waals surface area contributed by atoms with E-state index >= 15 is 0 Å². The topological polar surface area (TPSA) is 55.1 Å². The molecule has 98 valence electrons. The van der Waals surface area contributed by atoms with Crippen LogP contribution in [0.25, 0.3) is 0 Å². The van der Waals surface area contributed by atoms with Gasteiger partial charge in [-0.1, -0.05) is 29.8 Å². The van der Waals surface area contributed by atoms with E-state index in [1.807, 2.05) is 6.07 Å². The van der Waals surface area contributed by atoms with Gasteiger partial charge in [0, 0.05) is 10.7 Å². The maximum atomic E-state index is 13.0. The van der Waals surface area contributed by atoms with Crippen LogP contribution in [0.15, 0.2) is 42.5 Å². The first kappa shape index (κ1) is 13.4. The SMILES string of the molecule is Nc1cc(NC(=O)Cc2ccccc2Cl)ccc1F. The summed E-state index contributed by atoms with van der Waals surface area (Å²) >= 11 is 5.97. The van der Waals surface area contributed by atoms with Crippen molar-refractivity contribution < 1.29 is 9.18 Å². The first-order valence-electron chi connectivity index (χ1n) is 5.64. The van der Waals surface area contributed by atoms with E-state index in [0.717, 1.165) is 5.56 Å². The molecule has 2 aromatic rings. The first-order chi connectivity index (χ1) is 9.06. The van der Waals surface area contributed by atoms with E-state index in [2.05, 4.69) is 5.32 Å². The normalized spacial score (nSPS) is 10.2. The van der Waals surface area contributed by atoms with Crippen molar-refractivity contribution in [2.75, 3.05) is 11.1 Å². The predicted molar refractivity (Wildman–Crippen MR) is 74.6 cm³/mol. The zero-order valence-electron chi connectivity index (χ0n) is 9.99. The maximum absolute atomic E-state index is 13.0. The zero-order valence-corrected chi connectivity index (χ0v) is 10.7. The molecule has 0 saturated carbocycles. The second kappa shape index (κ2) is 5.71. The summed E-state index contributed by atoms with van der Waals surface area (Å²) in [6, 6.07) is 11.1. The predicted octanol–water partition coefficient (Wildman–Crippen LogP) is 3.24. The van der Waals surface area contributed by atoms with Crippen LogP contribution in [0.3, 0.4) is 0 Å². The Hall–Kier alpha value is -2.07. The van der Waals surface area contributed by atoms with Gasteiger partial charge in [-0.25, -0.2) is 4.39 Å². The molecule has 0 fully saturated rings. The van der Waals surface area contributed by atoms with Crippen molar-refractivity contribution in [2.45, 2.75) is 6.42 Å². The van der Waals surface area contributed by atoms with E-state index in [-0.39, 0.29) is 18.0 Å². The highest BCUT2D eigenvalue weighted by molar-refractivity contribution is 6.31. The molecule has 0 unspecified atom stereocenters. The van der Waals surface area contributed by atoms with Gasteiger partial charge in [-0.3, -0.25) is 4.79 Å². The number of anilines is 2. The van der Waals surface area contributed by atoms with Crippen LogP contribution in [0.1, 0.15) is 5.56 Å². The molecule has 1 amide bonds. The van der Waals surface area contributed by atoms with Crippen LogP contribution in [-0.2, 0) is 11.2 Å². The van der Waals surface area contributed by atoms with Crippen LogP contribution in [0.4, 0.5) is 15.8 Å². The number of benzene rings is 2. The third kappa shape index (κ3) is 3.45. The molecular weight excluding hydrogens is 267 g/mol. The number of carbonyl (C=O) groups excluding carboxylic acids is 1. The minimum Gasteiger partial charge on any atom is -0.396 e. The monoisotopic (exact) mass is 278 g/mol. The average molecular weight is 279 g/mol. The standard InChI is InChI=1S/C14H12ClFN2O/c15-11-4-2-1-3-9(11)7-14(19)18-10-5-6-12(16)13(17)8-10/h1-6,8H,7,17H2,(H,18,19). The number of hydrogen-bond donors (Lipinski definition) is 2. The number of nitrogen functional groups attached to an aromatic ring is 1. The third-order valence-electron chi connectivity index (χ3n) is 2.59. The van der Waals surface area contributed by atoms with E-state index in [0.29, 0.717) is 10.7 Å². The summed E-state index contributed by atoms with van der Waals surface area (Å²) in [4.78, 5) is 11.8. The van der Waals surface area contributed by atoms with Crippen molar-refractivity contribution in [1.29, 1.82) is 0 Å². The number of hydrogen-bond acceptors (Lipinski definition) is 2. The van der Waals surface area contributed by atoms with Crippen molar-refractivity contribution >= 4 is 28.9 Å². The van der Waals surface area contributed by atoms with Gasteiger partial charge in [-0.2, -0.15) is 0 Å². The molecule has 0 aliphatic rings. The molecule has 19 heavy (non-hydrogen) atoms. The van der Waals surface area contributed by atoms with Crippen LogP contribution in [0.5, 0.6) is 0 Å². The first-order valence-corrected chi connectivity index (χ1v) is 6.02. The lowest BCUT2D eigenvalue weighted by Gasteiger charge is -2.07. The lowest BCUT2D eigenvalue weighted by molar-refractivity contribution is -0.115. The lowest BCUT2D eigenvalue weighted by atomic mass is 10.1. The van der Waals surface area contributed by atoms with Gasteiger partial charge < -0.3 is 11.1 Å². The molecule has 0 radical (unpaired) electrons. The fourth-order valence-electron chi connectivity index (χ4n) is 1.64. The smallest absolute Gasteiger partial charge is 0.228 e. The zero-order chi connectivity index (χ0) is 13.8. The highest BCUT2D eigenvalue weighted by Crippen LogP contribution is 2.18. The minimum atomic E-state index is -0.510. The number of amides is 1. The highest BCUT2D eigenvalue weighted by Gasteiger charge is 2.08. The van der Waals surface area contributed by atoms with Gasteiger partial charge in [0.1, 0.15) is 5.82 Å². The number of rotatable bonds is 3. The van der Waals surface area contributed by atoms with Crippen molar-refractivity contribution in [3.8, 4) is 0 Å². The Bertz CT molecular complexity index is 616. The van der Waals surface area contributed by atoms with E-state index in [1.54, 1.807) is 18.2 Å². The van der Waals surface area contributed by atoms with Crippen molar-refractivity contribution in [3.63, 3.8) is 0 Å². The van der Waals surface area contributed by atoms with Gasteiger partial charge in [0.2, 0.25) is 5.91 Å². The van der Waals surface area contributed by atoms with Crippen molar-refractivity contribution in [3.05, 3.63) is 58.9 Å². The molecular formula is C14H12ClFN2O. The molecule has 2 aromatic carbocycles. The molecule has 5 heteroatoms. The Balaban J connectivity index is 2.05. The van der Waals surface area contributed by atoms with Gasteiger partial charge >= 0.3 is 0 Å². The summed E-state index contributed by atoms with van der Waals surface area (Å²) in [5.74, 6) is -0.747. The molecule has 0 aliphatic heterocycles. The lowest BCUT2D eigenvalue weighted by Crippen LogP contribution is -2.14. The van der Waals surface area contributed by atoms with Crippen LogP contribution in [-0.4, -0.2) is 5.91 Å². The maximum Gasteiger partial charge on any atom is 0.228 e. The minimum absolute atomic E-state index is 0.00413. The Kier molecular flexibility index (Phi) is 4.02. The molecule has 0 bridgehead atoms. The largest absolute Gasteiger partial charge is 0.396 e. The molecule has 2 rings (SSSR count). The number of halogens is 2. The molecule has 0 atom stereocenters. The summed E-state index contributed by atoms with van der Waals surface area (Å²) in [6.45, 7) is 0. The van der Waals surface area contributed by atoms with Crippen LogP contribution < -0.4 is 11.1 Å². The summed E-state index contributed by atoms with van der Waals surface area (Å²) in [5.41, 5.74) is 6.61. The van der Waals surface area contributed by atoms with Crippen molar-refractivity contribution in [1.82, 2.24) is 0 Å². The van der Waals surface area contributed by atoms with E-state index in [4.69, 9.17) is 17.3 Å². The Morgan fingerprint density at radius 2 is 2.00 bits per heavy atom. The van der Waals surface area contributed by atoms with Gasteiger partial charge in [0.15, 0.2) is 0 Å². The second-order valence-corrected chi connectivity index (χ2v) is 4.46. The van der Waals surface area contributed by atoms with E-state index < -0.39 is 5.82 Å². The van der Waals surface area contributed by atoms with Crippen LogP contribution >= 0.6 is 11.6 Å². The van der Waals surface area contributed by atoms with Gasteiger partial charge in [-0.15, -0.1) is 0 Å². The Morgan fingerprint density at radius 1 is 1.26 bits per heavy atom. The Labute approximate surface area is 115 Å². The Morgan fingerprint density at radius 3 is 2.68 bits per heavy atom. The molecule has 0 heterocycles. The summed E-state index contributed by atoms with van der Waals surface area (Å²) in [7, 11) is 0.